The molecule has 0 spiro atoms. The molecule has 0 N–H and O–H groups in total. The average molecular weight is 410 g/mol. The summed E-state index contributed by atoms with van der Waals surface area (Å²) in [5.41, 5.74) is 6.14. The number of para-hydroxylation sites is 1. The predicted octanol–water partition coefficient (Wildman–Crippen LogP) is 6.81. The molecule has 0 bridgehead atoms. The van der Waals surface area contributed by atoms with Crippen molar-refractivity contribution in [3.63, 3.8) is 0 Å². The molecule has 0 aliphatic heterocycles. The molecule has 0 aliphatic rings. The summed E-state index contributed by atoms with van der Waals surface area (Å²) in [5.74, 6) is 1.38. The van der Waals surface area contributed by atoms with E-state index in [1.54, 1.807) is 7.11 Å². The largest absolute Gasteiger partial charge is 0.497 e. The second kappa shape index (κ2) is 9.43. The monoisotopic (exact) mass is 409 g/mol. The molecule has 1 atom stereocenters. The summed E-state index contributed by atoms with van der Waals surface area (Å²) in [4.78, 5) is 4.73. The molecule has 3 aromatic carbocycles. The number of aliphatic imine (C=N–C) groups is 1. The first kappa shape index (κ1) is 20.6. The molecule has 156 valence electrons. The van der Waals surface area contributed by atoms with E-state index < -0.39 is 0 Å². The normalized spacial score (nSPS) is 12.2. The zero-order valence-electron chi connectivity index (χ0n) is 18.2. The van der Waals surface area contributed by atoms with Gasteiger partial charge in [-0.3, -0.25) is 4.99 Å². The van der Waals surface area contributed by atoms with Crippen molar-refractivity contribution in [1.82, 2.24) is 9.78 Å². The Balaban J connectivity index is 1.69. The van der Waals surface area contributed by atoms with E-state index in [2.05, 4.69) is 38.1 Å². The summed E-state index contributed by atoms with van der Waals surface area (Å²) < 4.78 is 7.19. The van der Waals surface area contributed by atoms with Crippen LogP contribution in [-0.4, -0.2) is 23.1 Å². The summed E-state index contributed by atoms with van der Waals surface area (Å²) in [5, 5.41) is 4.85. The molecule has 0 amide bonds. The fraction of sp³-hybridized carbons (Fsp3) is 0.185. The minimum absolute atomic E-state index is 0.559. The van der Waals surface area contributed by atoms with E-state index in [0.717, 1.165) is 40.4 Å². The molecule has 4 rings (SSSR count). The van der Waals surface area contributed by atoms with E-state index in [9.17, 15) is 0 Å². The smallest absolute Gasteiger partial charge is 0.118 e. The van der Waals surface area contributed by atoms with Crippen LogP contribution in [0, 0.1) is 0 Å². The van der Waals surface area contributed by atoms with Crippen LogP contribution in [0.3, 0.4) is 0 Å². The highest BCUT2D eigenvalue weighted by Crippen LogP contribution is 2.26. The van der Waals surface area contributed by atoms with Crippen molar-refractivity contribution in [2.75, 3.05) is 7.11 Å². The molecular formula is C27H27N3O. The van der Waals surface area contributed by atoms with E-state index >= 15 is 0 Å². The van der Waals surface area contributed by atoms with Gasteiger partial charge in [0, 0.05) is 23.5 Å². The third-order valence-corrected chi connectivity index (χ3v) is 5.55. The first-order valence-corrected chi connectivity index (χ1v) is 10.6. The third-order valence-electron chi connectivity index (χ3n) is 5.55. The number of methoxy groups -OCH3 is 1. The molecule has 0 saturated heterocycles. The number of hydrogen-bond acceptors (Lipinski definition) is 3. The fourth-order valence-electron chi connectivity index (χ4n) is 3.44. The number of benzene rings is 3. The van der Waals surface area contributed by atoms with Crippen LogP contribution in [0.15, 0.2) is 90.1 Å². The van der Waals surface area contributed by atoms with Crippen LogP contribution in [0.2, 0.25) is 0 Å². The van der Waals surface area contributed by atoms with E-state index in [-0.39, 0.29) is 0 Å². The molecule has 4 aromatic rings. The summed E-state index contributed by atoms with van der Waals surface area (Å²) in [6, 6.07) is 26.5. The second-order valence-electron chi connectivity index (χ2n) is 7.60. The summed E-state index contributed by atoms with van der Waals surface area (Å²) in [7, 11) is 1.67. The van der Waals surface area contributed by atoms with Gasteiger partial charge in [0.25, 0.3) is 0 Å². The van der Waals surface area contributed by atoms with Gasteiger partial charge in [-0.2, -0.15) is 5.10 Å². The van der Waals surface area contributed by atoms with Gasteiger partial charge in [0.05, 0.1) is 18.5 Å². The van der Waals surface area contributed by atoms with Gasteiger partial charge in [0.2, 0.25) is 0 Å². The Morgan fingerprint density at radius 2 is 1.68 bits per heavy atom. The topological polar surface area (TPSA) is 39.4 Å². The number of aromatic nitrogens is 2. The van der Waals surface area contributed by atoms with Crippen LogP contribution in [-0.2, 0) is 0 Å². The molecule has 0 aliphatic carbocycles. The van der Waals surface area contributed by atoms with Crippen LogP contribution in [0.5, 0.6) is 5.75 Å². The quantitative estimate of drug-likeness (QED) is 0.314. The predicted molar refractivity (Wildman–Crippen MR) is 128 cm³/mol. The van der Waals surface area contributed by atoms with Crippen molar-refractivity contribution in [3.8, 4) is 22.7 Å². The minimum atomic E-state index is 0.559. The maximum absolute atomic E-state index is 5.30. The van der Waals surface area contributed by atoms with E-state index in [0.29, 0.717) is 5.92 Å². The lowest BCUT2D eigenvalue weighted by Gasteiger charge is -2.08. The highest BCUT2D eigenvalue weighted by molar-refractivity contribution is 5.90. The molecule has 0 fully saturated rings. The first-order valence-electron chi connectivity index (χ1n) is 10.6. The van der Waals surface area contributed by atoms with Crippen LogP contribution >= 0.6 is 0 Å². The molecular weight excluding hydrogens is 382 g/mol. The average Bonchev–Trinajstić information content (AvgIpc) is 3.27. The van der Waals surface area contributed by atoms with Crippen molar-refractivity contribution in [3.05, 3.63) is 96.2 Å². The first-order chi connectivity index (χ1) is 15.2. The van der Waals surface area contributed by atoms with Gasteiger partial charge in [0.1, 0.15) is 11.4 Å². The van der Waals surface area contributed by atoms with E-state index in [1.807, 2.05) is 71.7 Å². The van der Waals surface area contributed by atoms with Crippen molar-refractivity contribution in [2.45, 2.75) is 26.2 Å². The number of ether oxygens (including phenoxy) is 1. The summed E-state index contributed by atoms with van der Waals surface area (Å²) >= 11 is 0. The van der Waals surface area contributed by atoms with Crippen LogP contribution in [0.1, 0.15) is 37.3 Å². The fourth-order valence-corrected chi connectivity index (χ4v) is 3.44. The van der Waals surface area contributed by atoms with Crippen molar-refractivity contribution >= 4 is 11.9 Å². The maximum Gasteiger partial charge on any atom is 0.118 e. The second-order valence-corrected chi connectivity index (χ2v) is 7.60. The Bertz CT molecular complexity index is 1140. The van der Waals surface area contributed by atoms with Gasteiger partial charge < -0.3 is 4.74 Å². The Hall–Kier alpha value is -3.66. The van der Waals surface area contributed by atoms with Gasteiger partial charge in [-0.25, -0.2) is 4.68 Å². The molecule has 0 saturated carbocycles. The number of nitrogens with zero attached hydrogens (tertiary/aromatic N) is 3. The Morgan fingerprint density at radius 1 is 0.968 bits per heavy atom. The van der Waals surface area contributed by atoms with Gasteiger partial charge in [0.15, 0.2) is 0 Å². The van der Waals surface area contributed by atoms with Gasteiger partial charge >= 0.3 is 0 Å². The molecule has 31 heavy (non-hydrogen) atoms. The standard InChI is InChI=1S/C27H27N3O/c1-4-20(2)21-10-14-24(15-11-21)28-18-23-19-30(25-8-6-5-7-9-25)29-27(23)22-12-16-26(31-3)17-13-22/h5-20H,4H2,1-3H3. The lowest BCUT2D eigenvalue weighted by atomic mass is 9.99. The van der Waals surface area contributed by atoms with Crippen molar-refractivity contribution in [2.24, 2.45) is 4.99 Å². The van der Waals surface area contributed by atoms with E-state index in [1.165, 1.54) is 5.56 Å². The van der Waals surface area contributed by atoms with Crippen LogP contribution < -0.4 is 4.74 Å². The lowest BCUT2D eigenvalue weighted by Crippen LogP contribution is -1.94. The summed E-state index contributed by atoms with van der Waals surface area (Å²) in [6.45, 7) is 4.46. The van der Waals surface area contributed by atoms with Gasteiger partial charge in [-0.15, -0.1) is 0 Å². The minimum Gasteiger partial charge on any atom is -0.497 e. The molecule has 4 heteroatoms. The molecule has 1 unspecified atom stereocenters. The van der Waals surface area contributed by atoms with Crippen molar-refractivity contribution < 1.29 is 4.74 Å². The van der Waals surface area contributed by atoms with E-state index in [4.69, 9.17) is 14.8 Å². The third kappa shape index (κ3) is 4.75. The van der Waals surface area contributed by atoms with Crippen molar-refractivity contribution in [1.29, 1.82) is 0 Å². The Morgan fingerprint density at radius 3 is 2.32 bits per heavy atom. The van der Waals surface area contributed by atoms with Gasteiger partial charge in [-0.05, 0) is 66.4 Å². The SMILES string of the molecule is CCC(C)c1ccc(N=Cc2cn(-c3ccccc3)nc2-c2ccc(OC)cc2)cc1. The number of hydrogen-bond donors (Lipinski definition) is 0. The molecule has 1 aromatic heterocycles. The van der Waals surface area contributed by atoms with Crippen LogP contribution in [0.25, 0.3) is 16.9 Å². The number of rotatable bonds is 7. The zero-order chi connectivity index (χ0) is 21.6. The maximum atomic E-state index is 5.30. The Kier molecular flexibility index (Phi) is 6.27. The molecule has 1 heterocycles. The van der Waals surface area contributed by atoms with Crippen LogP contribution in [0.4, 0.5) is 5.69 Å². The lowest BCUT2D eigenvalue weighted by molar-refractivity contribution is 0.415. The highest BCUT2D eigenvalue weighted by Gasteiger charge is 2.11. The molecule has 0 radical (unpaired) electrons. The molecule has 4 nitrogen and oxygen atoms in total. The van der Waals surface area contributed by atoms with Gasteiger partial charge in [-0.1, -0.05) is 44.2 Å². The highest BCUT2D eigenvalue weighted by atomic mass is 16.5. The zero-order valence-corrected chi connectivity index (χ0v) is 18.2. The summed E-state index contributed by atoms with van der Waals surface area (Å²) in [6.07, 6.45) is 5.04. The Labute approximate surface area is 183 Å².